The molecule has 132 valence electrons. The van der Waals surface area contributed by atoms with Gasteiger partial charge in [0.1, 0.15) is 5.69 Å². The van der Waals surface area contributed by atoms with Gasteiger partial charge >= 0.3 is 12.1 Å². The van der Waals surface area contributed by atoms with Gasteiger partial charge in [0.2, 0.25) is 5.88 Å². The number of nitrogens with zero attached hydrogens (tertiary/aromatic N) is 2. The summed E-state index contributed by atoms with van der Waals surface area (Å²) in [6.07, 6.45) is -5.80. The van der Waals surface area contributed by atoms with E-state index in [9.17, 15) is 22.8 Å². The Hall–Kier alpha value is -2.32. The van der Waals surface area contributed by atoms with Crippen LogP contribution in [0, 0.1) is 5.41 Å². The van der Waals surface area contributed by atoms with Crippen molar-refractivity contribution in [1.82, 2.24) is 9.88 Å². The second kappa shape index (κ2) is 6.29. The van der Waals surface area contributed by atoms with E-state index in [0.29, 0.717) is 0 Å². The molecule has 1 atom stereocenters. The van der Waals surface area contributed by atoms with Crippen molar-refractivity contribution in [3.05, 3.63) is 23.9 Å². The summed E-state index contributed by atoms with van der Waals surface area (Å²) in [6.45, 7) is 2.30. The van der Waals surface area contributed by atoms with Gasteiger partial charge in [-0.1, -0.05) is 6.07 Å². The third-order valence-corrected chi connectivity index (χ3v) is 3.81. The molecule has 1 amide bonds. The normalized spacial score (nSPS) is 21.2. The molecule has 0 radical (unpaired) electrons. The van der Waals surface area contributed by atoms with Gasteiger partial charge in [-0.15, -0.1) is 0 Å². The Morgan fingerprint density at radius 2 is 2.04 bits per heavy atom. The molecule has 1 N–H and O–H groups in total. The Labute approximate surface area is 136 Å². The zero-order chi connectivity index (χ0) is 18.1. The van der Waals surface area contributed by atoms with Crippen molar-refractivity contribution in [3.8, 4) is 5.88 Å². The summed E-state index contributed by atoms with van der Waals surface area (Å²) in [7, 11) is 0. The van der Waals surface area contributed by atoms with E-state index in [-0.39, 0.29) is 24.2 Å². The molecule has 1 aliphatic heterocycles. The van der Waals surface area contributed by atoms with Crippen LogP contribution >= 0.6 is 0 Å². The number of aliphatic carboxylic acids is 1. The maximum Gasteiger partial charge on any atom is 0.406 e. The molecular weight excluding hydrogens is 329 g/mol. The van der Waals surface area contributed by atoms with E-state index in [1.807, 2.05) is 0 Å². The number of hydrogen-bond acceptors (Lipinski definition) is 4. The van der Waals surface area contributed by atoms with E-state index in [1.54, 1.807) is 13.8 Å². The van der Waals surface area contributed by atoms with E-state index < -0.39 is 36.4 Å². The number of rotatable bonds is 4. The molecule has 24 heavy (non-hydrogen) atoms. The number of ether oxygens (including phenoxy) is 1. The van der Waals surface area contributed by atoms with E-state index in [4.69, 9.17) is 9.84 Å². The number of pyridine rings is 1. The average Bonchev–Trinajstić information content (AvgIpc) is 2.92. The maximum absolute atomic E-state index is 13.2. The van der Waals surface area contributed by atoms with Crippen LogP contribution in [0.1, 0.15) is 30.8 Å². The zero-order valence-corrected chi connectivity index (χ0v) is 13.1. The van der Waals surface area contributed by atoms with Gasteiger partial charge in [-0.2, -0.15) is 13.2 Å². The highest BCUT2D eigenvalue weighted by Gasteiger charge is 2.64. The topological polar surface area (TPSA) is 79.7 Å². The van der Waals surface area contributed by atoms with Crippen LogP contribution in [0.2, 0.25) is 0 Å². The minimum Gasteiger partial charge on any atom is -0.481 e. The van der Waals surface area contributed by atoms with Gasteiger partial charge in [0, 0.05) is 19.2 Å². The number of carbonyl (C=O) groups excluding carboxylic acids is 1. The summed E-state index contributed by atoms with van der Waals surface area (Å²) in [5.74, 6) is -2.55. The Morgan fingerprint density at radius 1 is 1.38 bits per heavy atom. The number of carboxylic acids is 1. The molecule has 1 saturated heterocycles. The van der Waals surface area contributed by atoms with Gasteiger partial charge in [0.05, 0.1) is 6.10 Å². The molecule has 1 unspecified atom stereocenters. The summed E-state index contributed by atoms with van der Waals surface area (Å²) >= 11 is 0. The number of carbonyl (C=O) groups is 2. The van der Waals surface area contributed by atoms with Crippen LogP contribution in [0.3, 0.4) is 0 Å². The number of amides is 1. The smallest absolute Gasteiger partial charge is 0.406 e. The molecule has 1 fully saturated rings. The first-order chi connectivity index (χ1) is 11.1. The van der Waals surface area contributed by atoms with Crippen LogP contribution in [0.25, 0.3) is 0 Å². The van der Waals surface area contributed by atoms with E-state index >= 15 is 0 Å². The van der Waals surface area contributed by atoms with Gasteiger partial charge in [-0.25, -0.2) is 4.98 Å². The molecule has 1 aromatic rings. The molecule has 1 aromatic heterocycles. The molecule has 0 aliphatic carbocycles. The molecule has 0 aromatic carbocycles. The van der Waals surface area contributed by atoms with Crippen LogP contribution in [0.5, 0.6) is 5.88 Å². The summed E-state index contributed by atoms with van der Waals surface area (Å²) in [5, 5.41) is 9.02. The molecular formula is C15H17F3N2O4. The third-order valence-electron chi connectivity index (χ3n) is 3.81. The zero-order valence-electron chi connectivity index (χ0n) is 13.1. The van der Waals surface area contributed by atoms with Crippen molar-refractivity contribution in [2.75, 3.05) is 13.1 Å². The van der Waals surface area contributed by atoms with E-state index in [0.717, 1.165) is 4.90 Å². The van der Waals surface area contributed by atoms with Crippen LogP contribution in [0.15, 0.2) is 18.2 Å². The molecule has 0 spiro atoms. The predicted octanol–water partition coefficient (Wildman–Crippen LogP) is 2.35. The van der Waals surface area contributed by atoms with E-state index in [2.05, 4.69) is 4.98 Å². The largest absolute Gasteiger partial charge is 0.481 e. The van der Waals surface area contributed by atoms with Gasteiger partial charge in [-0.3, -0.25) is 9.59 Å². The molecule has 9 heteroatoms. The van der Waals surface area contributed by atoms with Crippen LogP contribution in [-0.2, 0) is 4.79 Å². The fraction of sp³-hybridized carbons (Fsp3) is 0.533. The molecule has 2 heterocycles. The monoisotopic (exact) mass is 346 g/mol. The molecule has 6 nitrogen and oxygen atoms in total. The first kappa shape index (κ1) is 18.0. The number of likely N-dealkylation sites (tertiary alicyclic amines) is 1. The number of hydrogen-bond donors (Lipinski definition) is 1. The van der Waals surface area contributed by atoms with Crippen molar-refractivity contribution < 1.29 is 32.6 Å². The third kappa shape index (κ3) is 3.29. The molecule has 1 aliphatic rings. The minimum absolute atomic E-state index is 0.0866. The first-order valence-electron chi connectivity index (χ1n) is 7.30. The lowest BCUT2D eigenvalue weighted by Crippen LogP contribution is -2.47. The Kier molecular flexibility index (Phi) is 4.73. The number of halogens is 3. The standard InChI is InChI=1S/C15H17F3N2O4/c1-9(2)24-11-5-3-4-10(19-11)12(21)20-7-6-14(8-20,13(22)23)15(16,17)18/h3-5,9H,6-8H2,1-2H3,(H,22,23). The van der Waals surface area contributed by atoms with Crippen LogP contribution in [-0.4, -0.2) is 52.2 Å². The molecule has 0 saturated carbocycles. The second-order valence-electron chi connectivity index (χ2n) is 5.89. The fourth-order valence-electron chi connectivity index (χ4n) is 2.51. The highest BCUT2D eigenvalue weighted by atomic mass is 19.4. The number of carboxylic acid groups (broad SMARTS) is 1. The van der Waals surface area contributed by atoms with Gasteiger partial charge in [0.15, 0.2) is 5.41 Å². The quantitative estimate of drug-likeness (QED) is 0.905. The Bertz CT molecular complexity index is 648. The highest BCUT2D eigenvalue weighted by molar-refractivity contribution is 5.93. The second-order valence-corrected chi connectivity index (χ2v) is 5.89. The van der Waals surface area contributed by atoms with Gasteiger partial charge in [-0.05, 0) is 26.3 Å². The molecule has 2 rings (SSSR count). The summed E-state index contributed by atoms with van der Waals surface area (Å²) < 4.78 is 44.8. The van der Waals surface area contributed by atoms with Crippen molar-refractivity contribution >= 4 is 11.9 Å². The molecule has 0 bridgehead atoms. The SMILES string of the molecule is CC(C)Oc1cccc(C(=O)N2CCC(C(=O)O)(C(F)(F)F)C2)n1. The lowest BCUT2D eigenvalue weighted by Gasteiger charge is -2.27. The fourth-order valence-corrected chi connectivity index (χ4v) is 2.51. The van der Waals surface area contributed by atoms with Crippen molar-refractivity contribution in [2.24, 2.45) is 5.41 Å². The number of alkyl halides is 3. The highest BCUT2D eigenvalue weighted by Crippen LogP contribution is 2.45. The average molecular weight is 346 g/mol. The van der Waals surface area contributed by atoms with Crippen molar-refractivity contribution in [2.45, 2.75) is 32.5 Å². The Morgan fingerprint density at radius 3 is 2.54 bits per heavy atom. The lowest BCUT2D eigenvalue weighted by molar-refractivity contribution is -0.227. The predicted molar refractivity (Wildman–Crippen MR) is 76.6 cm³/mol. The minimum atomic E-state index is -4.94. The van der Waals surface area contributed by atoms with Crippen LogP contribution < -0.4 is 4.74 Å². The first-order valence-corrected chi connectivity index (χ1v) is 7.30. The summed E-state index contributed by atoms with van der Waals surface area (Å²) in [4.78, 5) is 28.4. The van der Waals surface area contributed by atoms with Crippen LogP contribution in [0.4, 0.5) is 13.2 Å². The Balaban J connectivity index is 2.22. The van der Waals surface area contributed by atoms with Gasteiger partial charge in [0.25, 0.3) is 5.91 Å². The maximum atomic E-state index is 13.2. The number of aromatic nitrogens is 1. The van der Waals surface area contributed by atoms with Gasteiger partial charge < -0.3 is 14.7 Å². The lowest BCUT2D eigenvalue weighted by atomic mass is 9.86. The van der Waals surface area contributed by atoms with E-state index in [1.165, 1.54) is 18.2 Å². The van der Waals surface area contributed by atoms with Crippen molar-refractivity contribution in [1.29, 1.82) is 0 Å². The summed E-state index contributed by atoms with van der Waals surface area (Å²) in [5.41, 5.74) is -3.02. The summed E-state index contributed by atoms with van der Waals surface area (Å²) in [6, 6.07) is 4.38. The van der Waals surface area contributed by atoms with Crippen molar-refractivity contribution in [3.63, 3.8) is 0 Å².